The highest BCUT2D eigenvalue weighted by Crippen LogP contribution is 2.60. The van der Waals surface area contributed by atoms with Crippen LogP contribution in [0.5, 0.6) is 0 Å². The van der Waals surface area contributed by atoms with Gasteiger partial charge >= 0.3 is 0 Å². The highest BCUT2D eigenvalue weighted by atomic mass is 32.1. The summed E-state index contributed by atoms with van der Waals surface area (Å²) in [6, 6.07) is 175. The van der Waals surface area contributed by atoms with E-state index >= 15 is 0 Å². The lowest BCUT2D eigenvalue weighted by atomic mass is 9.77. The smallest absolute Gasteiger partial charge is 0.143 e. The molecule has 0 fully saturated rings. The van der Waals surface area contributed by atoms with Crippen molar-refractivity contribution in [2.75, 3.05) is 19.6 Å². The molecule has 0 saturated carbocycles. The van der Waals surface area contributed by atoms with Gasteiger partial charge in [-0.25, -0.2) is 0 Å². The lowest BCUT2D eigenvalue weighted by Gasteiger charge is -2.26. The Balaban J connectivity index is 0.000000139. The second kappa shape index (κ2) is 32.4. The summed E-state index contributed by atoms with van der Waals surface area (Å²) >= 11 is 1.91. The van der Waals surface area contributed by atoms with Gasteiger partial charge in [0.15, 0.2) is 0 Å². The van der Waals surface area contributed by atoms with E-state index in [2.05, 4.69) is 519 Å². The SMILES string of the molecule is CC1(C)c2cc(-c3ccc(N(c4ccccc4)c4ccccc4)cc3)ccc2-c2c1c1cccc3c4c5ccc(-c6ccc(N(c7ccccc7)c7ccccc7)cc6)cc5oc4c4cccc2c4c13.c1ccc(N(c2ccccc2)c2ccc(-c3ccc4c(c3)oc3c5cccc6c7c8ccc(-c9ccc(N(c%10ccccc%10)c%10ccccc%10)cc9)cc8sc7c7cccc(c43)c7c56)cc2)cc1. The van der Waals surface area contributed by atoms with Gasteiger partial charge in [0.25, 0.3) is 0 Å². The van der Waals surface area contributed by atoms with E-state index in [0.717, 1.165) is 134 Å². The molecule has 0 saturated heterocycles. The molecule has 24 aromatic carbocycles. The lowest BCUT2D eigenvalue weighted by Crippen LogP contribution is -2.16. The van der Waals surface area contributed by atoms with Gasteiger partial charge in [-0.3, -0.25) is 0 Å². The first-order valence-corrected chi connectivity index (χ1v) is 48.2. The molecule has 138 heavy (non-hydrogen) atoms. The zero-order valence-electron chi connectivity index (χ0n) is 75.7. The van der Waals surface area contributed by atoms with Crippen LogP contribution in [0.15, 0.2) is 494 Å². The normalized spacial score (nSPS) is 12.3. The van der Waals surface area contributed by atoms with Crippen LogP contribution in [0.3, 0.4) is 0 Å². The number of hydrogen-bond acceptors (Lipinski definition) is 7. The van der Waals surface area contributed by atoms with Crippen molar-refractivity contribution >= 4 is 208 Å². The van der Waals surface area contributed by atoms with Crippen LogP contribution < -0.4 is 19.6 Å². The first-order valence-electron chi connectivity index (χ1n) is 47.4. The number of para-hydroxylation sites is 8. The van der Waals surface area contributed by atoms with Gasteiger partial charge in [0, 0.05) is 142 Å². The Morgan fingerprint density at radius 3 is 0.833 bits per heavy atom. The molecule has 7 heteroatoms. The quantitative estimate of drug-likeness (QED) is 0.0898. The molecule has 0 N–H and O–H groups in total. The summed E-state index contributed by atoms with van der Waals surface area (Å²) in [6.45, 7) is 4.84. The fraction of sp³-hybridized carbons (Fsp3) is 0.0229. The Kier molecular flexibility index (Phi) is 18.8. The van der Waals surface area contributed by atoms with Crippen LogP contribution in [0, 0.1) is 0 Å². The molecule has 1 aliphatic rings. The van der Waals surface area contributed by atoms with Crippen molar-refractivity contribution in [1.82, 2.24) is 0 Å². The molecule has 27 aromatic rings. The van der Waals surface area contributed by atoms with Crippen molar-refractivity contribution in [2.45, 2.75) is 19.3 Å². The number of fused-ring (bicyclic) bond motifs is 20. The molecule has 3 heterocycles. The standard InChI is InChI=1S/C67H46N2O.C64H40N2OS/c1-67(2)59-41-45(43-29-35-51(36-30-43)68(47-17-7-3-8-18-47)48-19-9-4-10-20-48)33-39-53(59)63-55-25-16-28-58-62(55)61-56(26-15-27-57(61)65(63)67)64-54-40-34-46(42-60(54)70-66(58)64)44-31-37-52(38-32-44)69(49-21-11-5-12-22-49)50-23-13-6-14-24-50;1-5-15-45(16-6-1)65(46-17-7-2-8-18-46)49-33-27-41(28-34-49)43-31-37-51-57(39-43)67-63-55-25-13-24-54-59(55)60-53(61(51)63)23-14-26-56(60)64-62(54)52-38-32-44(40-58(52)68-64)42-29-35-50(36-30-42)66(47-19-9-3-10-20-47)48-21-11-4-12-22-48/h3-42H,1-2H3;1-40H. The van der Waals surface area contributed by atoms with Crippen LogP contribution >= 0.6 is 11.3 Å². The van der Waals surface area contributed by atoms with Gasteiger partial charge in [0.2, 0.25) is 0 Å². The molecular formula is C131H86N4O2S. The van der Waals surface area contributed by atoms with Crippen molar-refractivity contribution in [3.63, 3.8) is 0 Å². The summed E-state index contributed by atoms with van der Waals surface area (Å²) in [5.74, 6) is 0. The van der Waals surface area contributed by atoms with E-state index in [4.69, 9.17) is 8.83 Å². The predicted molar refractivity (Wildman–Crippen MR) is 586 cm³/mol. The number of rotatable bonds is 16. The topological polar surface area (TPSA) is 39.2 Å². The maximum Gasteiger partial charge on any atom is 0.143 e. The Labute approximate surface area is 802 Å². The number of thiophene rings is 1. The average molecular weight is 1780 g/mol. The third-order valence-electron chi connectivity index (χ3n) is 28.7. The zero-order valence-corrected chi connectivity index (χ0v) is 76.5. The van der Waals surface area contributed by atoms with Crippen LogP contribution in [0.2, 0.25) is 0 Å². The molecule has 0 radical (unpaired) electrons. The maximum absolute atomic E-state index is 7.07. The van der Waals surface area contributed by atoms with Gasteiger partial charge in [-0.15, -0.1) is 11.3 Å². The second-order valence-corrected chi connectivity index (χ2v) is 37.9. The highest BCUT2D eigenvalue weighted by molar-refractivity contribution is 7.27. The third-order valence-corrected chi connectivity index (χ3v) is 29.9. The van der Waals surface area contributed by atoms with Crippen LogP contribution in [-0.4, -0.2) is 0 Å². The molecule has 28 rings (SSSR count). The Hall–Kier alpha value is -17.6. The van der Waals surface area contributed by atoms with Gasteiger partial charge < -0.3 is 28.4 Å². The van der Waals surface area contributed by atoms with Gasteiger partial charge in [0.05, 0.1) is 0 Å². The van der Waals surface area contributed by atoms with E-state index < -0.39 is 0 Å². The molecule has 648 valence electrons. The maximum atomic E-state index is 7.07. The number of nitrogens with zero attached hydrogens (tertiary/aromatic N) is 4. The first kappa shape index (κ1) is 80.1. The number of furan rings is 2. The van der Waals surface area contributed by atoms with E-state index in [-0.39, 0.29) is 5.41 Å². The fourth-order valence-corrected chi connectivity index (χ4v) is 23.8. The van der Waals surface area contributed by atoms with Gasteiger partial charge in [-0.1, -0.05) is 317 Å². The van der Waals surface area contributed by atoms with E-state index in [1.807, 2.05) is 11.3 Å². The van der Waals surface area contributed by atoms with Gasteiger partial charge in [-0.05, 0) is 286 Å². The van der Waals surface area contributed by atoms with Crippen molar-refractivity contribution in [1.29, 1.82) is 0 Å². The summed E-state index contributed by atoms with van der Waals surface area (Å²) in [6.07, 6.45) is 0. The fourth-order valence-electron chi connectivity index (χ4n) is 22.5. The monoisotopic (exact) mass is 1780 g/mol. The molecule has 0 spiro atoms. The molecule has 0 aliphatic heterocycles. The van der Waals surface area contributed by atoms with Gasteiger partial charge in [-0.2, -0.15) is 0 Å². The summed E-state index contributed by atoms with van der Waals surface area (Å²) in [5, 5.41) is 22.4. The molecule has 3 aromatic heterocycles. The van der Waals surface area contributed by atoms with Crippen LogP contribution in [-0.2, 0) is 5.41 Å². The second-order valence-electron chi connectivity index (χ2n) is 36.8. The average Bonchev–Trinajstić information content (AvgIpc) is 1.50. The minimum atomic E-state index is -0.247. The molecule has 0 amide bonds. The third kappa shape index (κ3) is 13.0. The molecule has 0 unspecified atom stereocenters. The number of benzene rings is 24. The highest BCUT2D eigenvalue weighted by Gasteiger charge is 2.40. The summed E-state index contributed by atoms with van der Waals surface area (Å²) < 4.78 is 16.7. The molecule has 6 nitrogen and oxygen atoms in total. The predicted octanol–water partition coefficient (Wildman–Crippen LogP) is 38.2. The van der Waals surface area contributed by atoms with Crippen LogP contribution in [0.1, 0.15) is 25.0 Å². The van der Waals surface area contributed by atoms with Crippen molar-refractivity contribution in [3.05, 3.63) is 496 Å². The van der Waals surface area contributed by atoms with Crippen LogP contribution in [0.4, 0.5) is 68.2 Å². The Morgan fingerprint density at radius 2 is 0.464 bits per heavy atom. The van der Waals surface area contributed by atoms with Crippen molar-refractivity contribution in [2.24, 2.45) is 0 Å². The minimum absolute atomic E-state index is 0.247. The largest absolute Gasteiger partial charge is 0.455 e. The minimum Gasteiger partial charge on any atom is -0.455 e. The molecule has 1 aliphatic carbocycles. The van der Waals surface area contributed by atoms with E-state index in [0.29, 0.717) is 0 Å². The summed E-state index contributed by atoms with van der Waals surface area (Å²) in [4.78, 5) is 9.22. The summed E-state index contributed by atoms with van der Waals surface area (Å²) in [5.41, 5.74) is 31.7. The van der Waals surface area contributed by atoms with Gasteiger partial charge in [0.1, 0.15) is 22.3 Å². The summed E-state index contributed by atoms with van der Waals surface area (Å²) in [7, 11) is 0. The van der Waals surface area contributed by atoms with E-state index in [9.17, 15) is 0 Å². The van der Waals surface area contributed by atoms with Crippen molar-refractivity contribution in [3.8, 4) is 55.6 Å². The van der Waals surface area contributed by atoms with E-state index in [1.165, 1.54) is 129 Å². The van der Waals surface area contributed by atoms with E-state index in [1.54, 1.807) is 0 Å². The molecule has 0 bridgehead atoms. The zero-order chi connectivity index (χ0) is 91.2. The molecular weight excluding hydrogens is 1690 g/mol. The first-order chi connectivity index (χ1) is 68.2. The Morgan fingerprint density at radius 1 is 0.196 bits per heavy atom. The van der Waals surface area contributed by atoms with Crippen molar-refractivity contribution < 1.29 is 8.83 Å². The number of hydrogen-bond donors (Lipinski definition) is 0. The lowest BCUT2D eigenvalue weighted by molar-refractivity contribution is 0.667. The van der Waals surface area contributed by atoms with Crippen LogP contribution in [0.25, 0.3) is 184 Å². The molecule has 0 atom stereocenters. The Bertz CT molecular complexity index is 8930. The number of anilines is 12.